The molecule has 0 spiro atoms. The van der Waals surface area contributed by atoms with E-state index in [9.17, 15) is 0 Å². The Bertz CT molecular complexity index is 645. The molecule has 1 unspecified atom stereocenters. The Balaban J connectivity index is 1.46. The molecule has 1 aromatic carbocycles. The molecule has 1 N–H and O–H groups in total. The van der Waals surface area contributed by atoms with E-state index in [2.05, 4.69) is 50.5 Å². The Labute approximate surface area is 148 Å². The molecule has 1 aromatic heterocycles. The lowest BCUT2D eigenvalue weighted by Gasteiger charge is -2.21. The fraction of sp³-hybridized carbons (Fsp3) is 0.368. The van der Waals surface area contributed by atoms with Crippen LogP contribution in [0.4, 0.5) is 0 Å². The maximum atomic E-state index is 4.43. The van der Waals surface area contributed by atoms with Crippen LogP contribution >= 0.6 is 11.8 Å². The van der Waals surface area contributed by atoms with Gasteiger partial charge in [0.25, 0.3) is 0 Å². The number of hydrogen-bond acceptors (Lipinski definition) is 3. The number of guanidine groups is 1. The fourth-order valence-electron chi connectivity index (χ4n) is 2.90. The van der Waals surface area contributed by atoms with Crippen molar-refractivity contribution in [2.45, 2.75) is 17.9 Å². The molecule has 1 fully saturated rings. The van der Waals surface area contributed by atoms with Crippen LogP contribution in [0.1, 0.15) is 12.1 Å². The van der Waals surface area contributed by atoms with Gasteiger partial charge in [-0.15, -0.1) is 11.8 Å². The summed E-state index contributed by atoms with van der Waals surface area (Å²) >= 11 is 1.95. The lowest BCUT2D eigenvalue weighted by molar-refractivity contribution is 0.473. The van der Waals surface area contributed by atoms with Crippen LogP contribution < -0.4 is 5.32 Å². The first kappa shape index (κ1) is 16.8. The van der Waals surface area contributed by atoms with Crippen molar-refractivity contribution in [3.8, 4) is 0 Å². The van der Waals surface area contributed by atoms with E-state index in [1.165, 1.54) is 11.3 Å². The Kier molecular flexibility index (Phi) is 6.13. The molecule has 3 rings (SSSR count). The summed E-state index contributed by atoms with van der Waals surface area (Å²) in [4.78, 5) is 12.5. The zero-order valence-electron chi connectivity index (χ0n) is 14.1. The van der Waals surface area contributed by atoms with Gasteiger partial charge in [0, 0.05) is 37.0 Å². The normalized spacial score (nSPS) is 18.0. The van der Waals surface area contributed by atoms with Crippen LogP contribution in [0.2, 0.25) is 0 Å². The number of nitrogens with zero attached hydrogens (tertiary/aromatic N) is 3. The number of rotatable bonds is 5. The number of likely N-dealkylation sites (tertiary alicyclic amines) is 1. The van der Waals surface area contributed by atoms with Gasteiger partial charge < -0.3 is 10.2 Å². The second-order valence-corrected chi connectivity index (χ2v) is 7.04. The first-order valence-electron chi connectivity index (χ1n) is 8.38. The Hall–Kier alpha value is -2.01. The predicted octanol–water partition coefficient (Wildman–Crippen LogP) is 3.27. The second kappa shape index (κ2) is 8.73. The number of thioether (sulfide) groups is 1. The maximum Gasteiger partial charge on any atom is 0.193 e. The SMILES string of the molecule is CN=C(NCc1ccccn1)N1CCC(CSc2ccccc2)C1. The summed E-state index contributed by atoms with van der Waals surface area (Å²) in [5.74, 6) is 2.86. The van der Waals surface area contributed by atoms with Gasteiger partial charge in [-0.25, -0.2) is 0 Å². The van der Waals surface area contributed by atoms with Gasteiger partial charge in [0.15, 0.2) is 5.96 Å². The molecule has 4 nitrogen and oxygen atoms in total. The summed E-state index contributed by atoms with van der Waals surface area (Å²) in [5.41, 5.74) is 1.04. The smallest absolute Gasteiger partial charge is 0.193 e. The van der Waals surface area contributed by atoms with Gasteiger partial charge in [-0.2, -0.15) is 0 Å². The summed E-state index contributed by atoms with van der Waals surface area (Å²) in [6.07, 6.45) is 3.05. The number of aromatic nitrogens is 1. The standard InChI is InChI=1S/C19H24N4S/c1-20-19(22-13-17-7-5-6-11-21-17)23-12-10-16(14-23)15-24-18-8-3-2-4-9-18/h2-9,11,16H,10,12-15H2,1H3,(H,20,22). The zero-order valence-corrected chi connectivity index (χ0v) is 14.9. The van der Waals surface area contributed by atoms with Crippen LogP contribution in [0.15, 0.2) is 64.6 Å². The minimum absolute atomic E-state index is 0.712. The molecular formula is C19H24N4S. The topological polar surface area (TPSA) is 40.5 Å². The number of aliphatic imine (C=N–C) groups is 1. The van der Waals surface area contributed by atoms with E-state index in [0.717, 1.165) is 30.5 Å². The van der Waals surface area contributed by atoms with Gasteiger partial charge in [-0.1, -0.05) is 24.3 Å². The van der Waals surface area contributed by atoms with Crippen LogP contribution in [0, 0.1) is 5.92 Å². The van der Waals surface area contributed by atoms with E-state index in [0.29, 0.717) is 12.5 Å². The van der Waals surface area contributed by atoms with Crippen LogP contribution in [0.25, 0.3) is 0 Å². The summed E-state index contributed by atoms with van der Waals surface area (Å²) in [7, 11) is 1.85. The third-order valence-corrected chi connectivity index (χ3v) is 5.42. The van der Waals surface area contributed by atoms with Crippen molar-refractivity contribution in [2.24, 2.45) is 10.9 Å². The molecule has 1 atom stereocenters. The second-order valence-electron chi connectivity index (χ2n) is 5.95. The molecule has 2 heterocycles. The zero-order chi connectivity index (χ0) is 16.6. The summed E-state index contributed by atoms with van der Waals surface area (Å²) in [5, 5.41) is 3.43. The minimum Gasteiger partial charge on any atom is -0.351 e. The van der Waals surface area contributed by atoms with Crippen molar-refractivity contribution in [2.75, 3.05) is 25.9 Å². The third kappa shape index (κ3) is 4.74. The van der Waals surface area contributed by atoms with Gasteiger partial charge in [0.2, 0.25) is 0 Å². The lowest BCUT2D eigenvalue weighted by Crippen LogP contribution is -2.39. The van der Waals surface area contributed by atoms with Gasteiger partial charge in [-0.05, 0) is 36.6 Å². The molecule has 0 aliphatic carbocycles. The van der Waals surface area contributed by atoms with Crippen molar-refractivity contribution in [1.82, 2.24) is 15.2 Å². The van der Waals surface area contributed by atoms with Crippen molar-refractivity contribution in [1.29, 1.82) is 0 Å². The van der Waals surface area contributed by atoms with Crippen molar-refractivity contribution in [3.05, 3.63) is 60.4 Å². The Morgan fingerprint density at radius 3 is 2.83 bits per heavy atom. The first-order chi connectivity index (χ1) is 11.8. The molecule has 0 radical (unpaired) electrons. The van der Waals surface area contributed by atoms with Crippen molar-refractivity contribution >= 4 is 17.7 Å². The molecule has 1 aliphatic heterocycles. The first-order valence-corrected chi connectivity index (χ1v) is 9.37. The van der Waals surface area contributed by atoms with Crippen LogP contribution in [0.5, 0.6) is 0 Å². The quantitative estimate of drug-likeness (QED) is 0.515. The van der Waals surface area contributed by atoms with E-state index in [-0.39, 0.29) is 0 Å². The minimum atomic E-state index is 0.712. The van der Waals surface area contributed by atoms with Crippen molar-refractivity contribution < 1.29 is 0 Å². The number of pyridine rings is 1. The third-order valence-electron chi connectivity index (χ3n) is 4.18. The monoisotopic (exact) mass is 340 g/mol. The Morgan fingerprint density at radius 2 is 2.08 bits per heavy atom. The molecule has 126 valence electrons. The fourth-order valence-corrected chi connectivity index (χ4v) is 3.95. The van der Waals surface area contributed by atoms with Gasteiger partial charge in [0.1, 0.15) is 0 Å². The van der Waals surface area contributed by atoms with Gasteiger partial charge >= 0.3 is 0 Å². The molecule has 0 saturated carbocycles. The predicted molar refractivity (Wildman–Crippen MR) is 101 cm³/mol. The highest BCUT2D eigenvalue weighted by atomic mass is 32.2. The van der Waals surface area contributed by atoms with Crippen LogP contribution in [-0.2, 0) is 6.54 Å². The van der Waals surface area contributed by atoms with E-state index in [1.807, 2.05) is 43.2 Å². The molecule has 0 amide bonds. The van der Waals surface area contributed by atoms with E-state index in [1.54, 1.807) is 0 Å². The molecule has 24 heavy (non-hydrogen) atoms. The number of hydrogen-bond donors (Lipinski definition) is 1. The van der Waals surface area contributed by atoms with E-state index < -0.39 is 0 Å². The molecule has 0 bridgehead atoms. The molecule has 1 saturated heterocycles. The largest absolute Gasteiger partial charge is 0.351 e. The summed E-state index contributed by atoms with van der Waals surface area (Å²) in [6.45, 7) is 2.86. The highest BCUT2D eigenvalue weighted by molar-refractivity contribution is 7.99. The highest BCUT2D eigenvalue weighted by Gasteiger charge is 2.24. The maximum absolute atomic E-state index is 4.43. The van der Waals surface area contributed by atoms with Gasteiger partial charge in [-0.3, -0.25) is 9.98 Å². The average molecular weight is 340 g/mol. The van der Waals surface area contributed by atoms with Crippen LogP contribution in [-0.4, -0.2) is 41.7 Å². The van der Waals surface area contributed by atoms with Crippen molar-refractivity contribution in [3.63, 3.8) is 0 Å². The summed E-state index contributed by atoms with van der Waals surface area (Å²) in [6, 6.07) is 16.6. The lowest BCUT2D eigenvalue weighted by atomic mass is 10.2. The average Bonchev–Trinajstić information content (AvgIpc) is 3.11. The molecule has 5 heteroatoms. The van der Waals surface area contributed by atoms with E-state index >= 15 is 0 Å². The molecule has 2 aromatic rings. The molecular weight excluding hydrogens is 316 g/mol. The number of nitrogens with one attached hydrogen (secondary N) is 1. The highest BCUT2D eigenvalue weighted by Crippen LogP contribution is 2.25. The Morgan fingerprint density at radius 1 is 1.25 bits per heavy atom. The number of benzene rings is 1. The van der Waals surface area contributed by atoms with Crippen LogP contribution in [0.3, 0.4) is 0 Å². The van der Waals surface area contributed by atoms with E-state index in [4.69, 9.17) is 0 Å². The molecule has 1 aliphatic rings. The van der Waals surface area contributed by atoms with Gasteiger partial charge in [0.05, 0.1) is 12.2 Å². The summed E-state index contributed by atoms with van der Waals surface area (Å²) < 4.78 is 0.